The first-order chi connectivity index (χ1) is 9.56. The van der Waals surface area contributed by atoms with Crippen molar-refractivity contribution in [3.63, 3.8) is 0 Å². The van der Waals surface area contributed by atoms with Gasteiger partial charge in [-0.15, -0.1) is 11.3 Å². The van der Waals surface area contributed by atoms with Gasteiger partial charge in [0.25, 0.3) is 5.91 Å². The summed E-state index contributed by atoms with van der Waals surface area (Å²) < 4.78 is 10.2. The summed E-state index contributed by atoms with van der Waals surface area (Å²) in [6, 6.07) is 5.44. The number of amides is 1. The smallest absolute Gasteiger partial charge is 0.342 e. The number of carbonyl (C=O) groups is 2. The summed E-state index contributed by atoms with van der Waals surface area (Å²) in [5.41, 5.74) is 0.355. The van der Waals surface area contributed by atoms with Gasteiger partial charge in [0.2, 0.25) is 0 Å². The number of esters is 1. The van der Waals surface area contributed by atoms with Crippen LogP contribution in [0.2, 0.25) is 0 Å². The highest BCUT2D eigenvalue weighted by Gasteiger charge is 2.16. The molecule has 0 aliphatic rings. The summed E-state index contributed by atoms with van der Waals surface area (Å²) >= 11 is 1.56. The Morgan fingerprint density at radius 2 is 2.20 bits per heavy atom. The Morgan fingerprint density at radius 1 is 1.40 bits per heavy atom. The van der Waals surface area contributed by atoms with Crippen LogP contribution in [0.1, 0.15) is 26.8 Å². The Balaban J connectivity index is 1.78. The lowest BCUT2D eigenvalue weighted by atomic mass is 10.2. The predicted octanol–water partition coefficient (Wildman–Crippen LogP) is 2.43. The highest BCUT2D eigenvalue weighted by atomic mass is 32.1. The lowest BCUT2D eigenvalue weighted by Crippen LogP contribution is -2.28. The normalized spacial score (nSPS) is 10.3. The predicted molar refractivity (Wildman–Crippen MR) is 74.6 cm³/mol. The number of furan rings is 1. The van der Waals surface area contributed by atoms with Crippen molar-refractivity contribution in [2.24, 2.45) is 0 Å². The van der Waals surface area contributed by atoms with Crippen LogP contribution in [0.15, 0.2) is 28.0 Å². The van der Waals surface area contributed by atoms with Crippen molar-refractivity contribution < 1.29 is 18.7 Å². The lowest BCUT2D eigenvalue weighted by Gasteiger charge is -2.05. The van der Waals surface area contributed by atoms with E-state index in [-0.39, 0.29) is 12.5 Å². The van der Waals surface area contributed by atoms with E-state index in [0.29, 0.717) is 23.6 Å². The van der Waals surface area contributed by atoms with Gasteiger partial charge in [-0.2, -0.15) is 0 Å². The van der Waals surface area contributed by atoms with E-state index in [1.165, 1.54) is 0 Å². The Kier molecular flexibility index (Phi) is 4.57. The molecule has 106 valence electrons. The van der Waals surface area contributed by atoms with Crippen LogP contribution in [0.5, 0.6) is 0 Å². The lowest BCUT2D eigenvalue weighted by molar-refractivity contribution is -0.124. The van der Waals surface area contributed by atoms with Gasteiger partial charge < -0.3 is 14.5 Å². The van der Waals surface area contributed by atoms with Crippen molar-refractivity contribution in [2.75, 3.05) is 6.61 Å². The zero-order valence-corrected chi connectivity index (χ0v) is 12.1. The molecule has 20 heavy (non-hydrogen) atoms. The Labute approximate surface area is 120 Å². The second-order valence-corrected chi connectivity index (χ2v) is 5.29. The third-order valence-corrected chi connectivity index (χ3v) is 3.51. The van der Waals surface area contributed by atoms with Crippen LogP contribution in [0.3, 0.4) is 0 Å². The minimum atomic E-state index is -0.550. The van der Waals surface area contributed by atoms with Crippen LogP contribution in [-0.2, 0) is 16.1 Å². The molecule has 0 radical (unpaired) electrons. The average Bonchev–Trinajstić information content (AvgIpc) is 3.03. The van der Waals surface area contributed by atoms with Gasteiger partial charge in [0.05, 0.1) is 6.54 Å². The standard InChI is InChI=1S/C14H15NO4S/c1-9-6-12(10(2)19-9)14(17)18-8-13(16)15-7-11-4-3-5-20-11/h3-6H,7-8H2,1-2H3,(H,15,16). The molecule has 0 fully saturated rings. The number of thiophene rings is 1. The molecule has 0 saturated heterocycles. The molecule has 0 aromatic carbocycles. The van der Waals surface area contributed by atoms with Gasteiger partial charge in [-0.25, -0.2) is 4.79 Å². The maximum atomic E-state index is 11.8. The summed E-state index contributed by atoms with van der Waals surface area (Å²) in [5, 5.41) is 4.62. The van der Waals surface area contributed by atoms with Gasteiger partial charge in [0.1, 0.15) is 17.1 Å². The quantitative estimate of drug-likeness (QED) is 0.860. The number of carbonyl (C=O) groups excluding carboxylic acids is 2. The molecular weight excluding hydrogens is 278 g/mol. The first kappa shape index (κ1) is 14.3. The van der Waals surface area contributed by atoms with Crippen molar-refractivity contribution in [1.82, 2.24) is 5.32 Å². The number of nitrogens with one attached hydrogen (secondary N) is 1. The maximum absolute atomic E-state index is 11.8. The fourth-order valence-electron chi connectivity index (χ4n) is 1.69. The summed E-state index contributed by atoms with van der Waals surface area (Å²) in [6.45, 7) is 3.57. The van der Waals surface area contributed by atoms with E-state index < -0.39 is 5.97 Å². The van der Waals surface area contributed by atoms with Gasteiger partial charge in [0, 0.05) is 4.88 Å². The van der Waals surface area contributed by atoms with Crippen LogP contribution in [0, 0.1) is 13.8 Å². The third kappa shape index (κ3) is 3.71. The van der Waals surface area contributed by atoms with Gasteiger partial charge in [-0.3, -0.25) is 4.79 Å². The molecule has 0 atom stereocenters. The molecule has 2 heterocycles. The molecular formula is C14H15NO4S. The van der Waals surface area contributed by atoms with E-state index >= 15 is 0 Å². The van der Waals surface area contributed by atoms with Gasteiger partial charge in [0.15, 0.2) is 6.61 Å². The van der Waals surface area contributed by atoms with Crippen LogP contribution in [0.4, 0.5) is 0 Å². The Bertz CT molecular complexity index is 601. The fraction of sp³-hybridized carbons (Fsp3) is 0.286. The number of hydrogen-bond donors (Lipinski definition) is 1. The molecule has 6 heteroatoms. The Morgan fingerprint density at radius 3 is 2.80 bits per heavy atom. The molecule has 0 aliphatic heterocycles. The minimum absolute atomic E-state index is 0.298. The summed E-state index contributed by atoms with van der Waals surface area (Å²) in [7, 11) is 0. The van der Waals surface area contributed by atoms with Crippen molar-refractivity contribution in [3.05, 3.63) is 45.5 Å². The highest BCUT2D eigenvalue weighted by Crippen LogP contribution is 2.14. The maximum Gasteiger partial charge on any atom is 0.342 e. The molecule has 0 aliphatic carbocycles. The number of rotatable bonds is 5. The van der Waals surface area contributed by atoms with E-state index in [1.54, 1.807) is 31.3 Å². The topological polar surface area (TPSA) is 68.5 Å². The summed E-state index contributed by atoms with van der Waals surface area (Å²) in [6.07, 6.45) is 0. The summed E-state index contributed by atoms with van der Waals surface area (Å²) in [5.74, 6) is 0.248. The van der Waals surface area contributed by atoms with Crippen LogP contribution >= 0.6 is 11.3 Å². The van der Waals surface area contributed by atoms with E-state index in [4.69, 9.17) is 9.15 Å². The molecule has 0 bridgehead atoms. The van der Waals surface area contributed by atoms with E-state index in [0.717, 1.165) is 4.88 Å². The number of aryl methyl sites for hydroxylation is 2. The second kappa shape index (κ2) is 6.38. The average molecular weight is 293 g/mol. The molecule has 1 N–H and O–H groups in total. The zero-order chi connectivity index (χ0) is 14.5. The molecule has 5 nitrogen and oxygen atoms in total. The molecule has 0 unspecified atom stereocenters. The zero-order valence-electron chi connectivity index (χ0n) is 11.3. The third-order valence-electron chi connectivity index (χ3n) is 2.64. The molecule has 2 aromatic heterocycles. The molecule has 2 aromatic rings. The van der Waals surface area contributed by atoms with Crippen LogP contribution in [-0.4, -0.2) is 18.5 Å². The SMILES string of the molecule is Cc1cc(C(=O)OCC(=O)NCc2cccs2)c(C)o1. The van der Waals surface area contributed by atoms with Gasteiger partial charge in [-0.1, -0.05) is 6.07 Å². The van der Waals surface area contributed by atoms with E-state index in [1.807, 2.05) is 17.5 Å². The fourth-order valence-corrected chi connectivity index (χ4v) is 2.34. The summed E-state index contributed by atoms with van der Waals surface area (Å²) in [4.78, 5) is 24.4. The first-order valence-corrected chi connectivity index (χ1v) is 6.97. The molecule has 0 saturated carbocycles. The van der Waals surface area contributed by atoms with Crippen molar-refractivity contribution in [3.8, 4) is 0 Å². The van der Waals surface area contributed by atoms with Crippen molar-refractivity contribution in [1.29, 1.82) is 0 Å². The molecule has 0 spiro atoms. The minimum Gasteiger partial charge on any atom is -0.466 e. The van der Waals surface area contributed by atoms with Crippen LogP contribution < -0.4 is 5.32 Å². The Hall–Kier alpha value is -2.08. The highest BCUT2D eigenvalue weighted by molar-refractivity contribution is 7.09. The monoisotopic (exact) mass is 293 g/mol. The largest absolute Gasteiger partial charge is 0.466 e. The first-order valence-electron chi connectivity index (χ1n) is 6.09. The molecule has 2 rings (SSSR count). The van der Waals surface area contributed by atoms with E-state index in [2.05, 4.69) is 5.32 Å². The molecule has 1 amide bonds. The van der Waals surface area contributed by atoms with Gasteiger partial charge in [-0.05, 0) is 31.4 Å². The second-order valence-electron chi connectivity index (χ2n) is 4.26. The number of ether oxygens (including phenoxy) is 1. The van der Waals surface area contributed by atoms with Crippen LogP contribution in [0.25, 0.3) is 0 Å². The number of hydrogen-bond acceptors (Lipinski definition) is 5. The van der Waals surface area contributed by atoms with Crippen molar-refractivity contribution in [2.45, 2.75) is 20.4 Å². The van der Waals surface area contributed by atoms with E-state index in [9.17, 15) is 9.59 Å². The van der Waals surface area contributed by atoms with Crippen molar-refractivity contribution >= 4 is 23.2 Å². The van der Waals surface area contributed by atoms with Gasteiger partial charge >= 0.3 is 5.97 Å².